The fourth-order valence-electron chi connectivity index (χ4n) is 3.57. The Balaban J connectivity index is 1.65. The average molecular weight is 435 g/mol. The number of carbonyl (C=O) groups excluding carboxylic acids is 2. The third-order valence-corrected chi connectivity index (χ3v) is 5.92. The quantitative estimate of drug-likeness (QED) is 0.450. The van der Waals surface area contributed by atoms with E-state index in [0.717, 1.165) is 11.1 Å². The van der Waals surface area contributed by atoms with Gasteiger partial charge in [-0.05, 0) is 56.7 Å². The monoisotopic (exact) mass is 434 g/mol. The number of rotatable bonds is 5. The first kappa shape index (κ1) is 20.9. The van der Waals surface area contributed by atoms with E-state index in [-0.39, 0.29) is 18.5 Å². The molecule has 1 saturated heterocycles. The number of imide groups is 1. The van der Waals surface area contributed by atoms with Gasteiger partial charge in [-0.2, -0.15) is 0 Å². The van der Waals surface area contributed by atoms with E-state index in [1.54, 1.807) is 36.9 Å². The fraction of sp³-hybridized carbons (Fsp3) is 0.200. The molecule has 3 aromatic carbocycles. The molecule has 6 heteroatoms. The van der Waals surface area contributed by atoms with Crippen molar-refractivity contribution in [1.29, 1.82) is 0 Å². The fourth-order valence-corrected chi connectivity index (χ4v) is 3.74. The molecule has 4 rings (SSSR count). The second-order valence-electron chi connectivity index (χ2n) is 8.02. The van der Waals surface area contributed by atoms with Crippen LogP contribution in [-0.4, -0.2) is 22.4 Å². The molecule has 0 N–H and O–H groups in total. The summed E-state index contributed by atoms with van der Waals surface area (Å²) in [4.78, 5) is 29.3. The number of amides is 3. The molecule has 158 valence electrons. The number of halogens is 1. The second-order valence-corrected chi connectivity index (χ2v) is 8.43. The zero-order chi connectivity index (χ0) is 22.2. The van der Waals surface area contributed by atoms with Crippen molar-refractivity contribution >= 4 is 29.2 Å². The van der Waals surface area contributed by atoms with Crippen LogP contribution < -0.4 is 9.64 Å². The molecule has 5 nitrogen and oxygen atoms in total. The summed E-state index contributed by atoms with van der Waals surface area (Å²) in [5.41, 5.74) is 1.14. The first-order valence-electron chi connectivity index (χ1n) is 10.0. The maximum atomic E-state index is 13.3. The molecule has 0 saturated carbocycles. The normalized spacial score (nSPS) is 15.5. The molecule has 1 heterocycles. The summed E-state index contributed by atoms with van der Waals surface area (Å²) < 4.78 is 6.04. The molecular formula is C25H23ClN2O3. The van der Waals surface area contributed by atoms with E-state index in [2.05, 4.69) is 0 Å². The molecule has 1 fully saturated rings. The molecule has 0 unspecified atom stereocenters. The van der Waals surface area contributed by atoms with E-state index < -0.39 is 5.54 Å². The standard InChI is InChI=1S/C25H23ClN2O3/c1-17-13-14-19(15-21(17)26)28-23(29)25(2,3)27(24(28)30)16-18-9-7-8-12-22(18)31-20-10-5-4-6-11-20/h4-15H,16H2,1-3H3. The van der Waals surface area contributed by atoms with Gasteiger partial charge in [0, 0.05) is 10.6 Å². The Morgan fingerprint density at radius 2 is 1.61 bits per heavy atom. The lowest BCUT2D eigenvalue weighted by Crippen LogP contribution is -2.43. The van der Waals surface area contributed by atoms with Crippen molar-refractivity contribution in [3.05, 3.63) is 88.9 Å². The van der Waals surface area contributed by atoms with Gasteiger partial charge in [0.2, 0.25) is 0 Å². The van der Waals surface area contributed by atoms with Crippen LogP contribution in [0.3, 0.4) is 0 Å². The number of hydrogen-bond acceptors (Lipinski definition) is 3. The smallest absolute Gasteiger partial charge is 0.332 e. The third kappa shape index (κ3) is 3.89. The molecule has 3 aromatic rings. The Bertz CT molecular complexity index is 1140. The summed E-state index contributed by atoms with van der Waals surface area (Å²) in [6, 6.07) is 21.8. The zero-order valence-corrected chi connectivity index (χ0v) is 18.4. The SMILES string of the molecule is Cc1ccc(N2C(=O)N(Cc3ccccc3Oc3ccccc3)C(C)(C)C2=O)cc1Cl. The first-order chi connectivity index (χ1) is 14.8. The van der Waals surface area contributed by atoms with E-state index in [1.165, 1.54) is 4.90 Å². The van der Waals surface area contributed by atoms with Crippen molar-refractivity contribution in [1.82, 2.24) is 4.90 Å². The maximum Gasteiger partial charge on any atom is 0.332 e. The van der Waals surface area contributed by atoms with Gasteiger partial charge >= 0.3 is 6.03 Å². The van der Waals surface area contributed by atoms with Crippen molar-refractivity contribution in [2.24, 2.45) is 0 Å². The molecule has 0 spiro atoms. The Hall–Kier alpha value is -3.31. The van der Waals surface area contributed by atoms with Crippen LogP contribution in [0.1, 0.15) is 25.0 Å². The van der Waals surface area contributed by atoms with Crippen LogP contribution in [-0.2, 0) is 11.3 Å². The summed E-state index contributed by atoms with van der Waals surface area (Å²) in [5.74, 6) is 1.05. The number of ether oxygens (including phenoxy) is 1. The highest BCUT2D eigenvalue weighted by atomic mass is 35.5. The topological polar surface area (TPSA) is 49.9 Å². The third-order valence-electron chi connectivity index (χ3n) is 5.51. The van der Waals surface area contributed by atoms with E-state index in [0.29, 0.717) is 22.2 Å². The predicted octanol–water partition coefficient (Wildman–Crippen LogP) is 6.19. The van der Waals surface area contributed by atoms with Gasteiger partial charge in [-0.15, -0.1) is 0 Å². The van der Waals surface area contributed by atoms with E-state index in [9.17, 15) is 9.59 Å². The highest BCUT2D eigenvalue weighted by Crippen LogP contribution is 2.36. The van der Waals surface area contributed by atoms with Gasteiger partial charge in [0.05, 0.1) is 12.2 Å². The van der Waals surface area contributed by atoms with Crippen LogP contribution in [0.25, 0.3) is 0 Å². The van der Waals surface area contributed by atoms with Gasteiger partial charge in [-0.1, -0.05) is 54.1 Å². The summed E-state index contributed by atoms with van der Waals surface area (Å²) in [6.07, 6.45) is 0. The van der Waals surface area contributed by atoms with Crippen molar-refractivity contribution in [2.45, 2.75) is 32.9 Å². The van der Waals surface area contributed by atoms with Crippen molar-refractivity contribution in [3.8, 4) is 11.5 Å². The van der Waals surface area contributed by atoms with Crippen LogP contribution in [0.5, 0.6) is 11.5 Å². The van der Waals surface area contributed by atoms with Crippen LogP contribution in [0.15, 0.2) is 72.8 Å². The van der Waals surface area contributed by atoms with Crippen molar-refractivity contribution in [3.63, 3.8) is 0 Å². The molecule has 0 aliphatic carbocycles. The molecule has 0 bridgehead atoms. The number of benzene rings is 3. The van der Waals surface area contributed by atoms with Gasteiger partial charge in [0.25, 0.3) is 5.91 Å². The number of urea groups is 1. The molecule has 0 radical (unpaired) electrons. The Morgan fingerprint density at radius 3 is 2.32 bits per heavy atom. The molecular weight excluding hydrogens is 412 g/mol. The molecule has 0 atom stereocenters. The van der Waals surface area contributed by atoms with Crippen LogP contribution >= 0.6 is 11.6 Å². The van der Waals surface area contributed by atoms with Gasteiger partial charge in [-0.3, -0.25) is 4.79 Å². The number of para-hydroxylation sites is 2. The van der Waals surface area contributed by atoms with Crippen molar-refractivity contribution in [2.75, 3.05) is 4.90 Å². The minimum atomic E-state index is -1.02. The molecule has 3 amide bonds. The van der Waals surface area contributed by atoms with Gasteiger partial charge in [0.1, 0.15) is 17.0 Å². The Morgan fingerprint density at radius 1 is 0.935 bits per heavy atom. The van der Waals surface area contributed by atoms with Crippen molar-refractivity contribution < 1.29 is 14.3 Å². The van der Waals surface area contributed by atoms with E-state index in [1.807, 2.05) is 61.5 Å². The van der Waals surface area contributed by atoms with Crippen LogP contribution in [0.2, 0.25) is 5.02 Å². The largest absolute Gasteiger partial charge is 0.457 e. The summed E-state index contributed by atoms with van der Waals surface area (Å²) in [5, 5.41) is 0.510. The lowest BCUT2D eigenvalue weighted by atomic mass is 10.0. The van der Waals surface area contributed by atoms with Gasteiger partial charge in [0.15, 0.2) is 0 Å². The molecule has 31 heavy (non-hydrogen) atoms. The maximum absolute atomic E-state index is 13.3. The van der Waals surface area contributed by atoms with Gasteiger partial charge < -0.3 is 9.64 Å². The lowest BCUT2D eigenvalue weighted by Gasteiger charge is -2.28. The Labute approximate surface area is 186 Å². The predicted molar refractivity (Wildman–Crippen MR) is 122 cm³/mol. The van der Waals surface area contributed by atoms with E-state index >= 15 is 0 Å². The number of carbonyl (C=O) groups is 2. The minimum absolute atomic E-state index is 0.233. The minimum Gasteiger partial charge on any atom is -0.457 e. The van der Waals surface area contributed by atoms with Crippen LogP contribution in [0.4, 0.5) is 10.5 Å². The molecule has 0 aromatic heterocycles. The number of nitrogens with zero attached hydrogens (tertiary/aromatic N) is 2. The highest BCUT2D eigenvalue weighted by Gasteiger charge is 2.52. The van der Waals surface area contributed by atoms with Crippen LogP contribution in [0, 0.1) is 6.92 Å². The zero-order valence-electron chi connectivity index (χ0n) is 17.6. The second kappa shape index (κ2) is 8.08. The first-order valence-corrected chi connectivity index (χ1v) is 10.4. The van der Waals surface area contributed by atoms with E-state index in [4.69, 9.17) is 16.3 Å². The highest BCUT2D eigenvalue weighted by molar-refractivity contribution is 6.32. The average Bonchev–Trinajstić information content (AvgIpc) is 2.92. The molecule has 1 aliphatic rings. The number of hydrogen-bond donors (Lipinski definition) is 0. The number of anilines is 1. The summed E-state index contributed by atoms with van der Waals surface area (Å²) >= 11 is 6.24. The van der Waals surface area contributed by atoms with Gasteiger partial charge in [-0.25, -0.2) is 9.69 Å². The summed E-state index contributed by atoms with van der Waals surface area (Å²) in [7, 11) is 0. The summed E-state index contributed by atoms with van der Waals surface area (Å²) in [6.45, 7) is 5.61. The Kier molecular flexibility index (Phi) is 5.46. The number of aryl methyl sites for hydroxylation is 1. The molecule has 1 aliphatic heterocycles. The lowest BCUT2D eigenvalue weighted by molar-refractivity contribution is -0.123.